The van der Waals surface area contributed by atoms with Crippen LogP contribution in [0, 0.1) is 6.92 Å². The Hall–Kier alpha value is -3.40. The number of aryl methyl sites for hydroxylation is 1. The highest BCUT2D eigenvalue weighted by atomic mass is 16.5. The number of ether oxygens (including phenoxy) is 1. The number of carbonyl (C=O) groups excluding carboxylic acids is 2. The maximum absolute atomic E-state index is 12.7. The molecule has 0 saturated heterocycles. The Morgan fingerprint density at radius 3 is 2.11 bits per heavy atom. The molecule has 0 spiro atoms. The highest BCUT2D eigenvalue weighted by Gasteiger charge is 2.20. The first kappa shape index (κ1) is 19.4. The van der Waals surface area contributed by atoms with Crippen molar-refractivity contribution in [2.24, 2.45) is 0 Å². The zero-order valence-corrected chi connectivity index (χ0v) is 15.8. The van der Waals surface area contributed by atoms with Crippen LogP contribution in [0.4, 0.5) is 4.79 Å². The zero-order chi connectivity index (χ0) is 19.8. The molecule has 142 valence electrons. The summed E-state index contributed by atoms with van der Waals surface area (Å²) in [7, 11) is 0. The predicted molar refractivity (Wildman–Crippen MR) is 109 cm³/mol. The summed E-state index contributed by atoms with van der Waals surface area (Å²) in [6.07, 6.45) is -0.386. The van der Waals surface area contributed by atoms with Crippen molar-refractivity contribution < 1.29 is 14.3 Å². The third-order valence-corrected chi connectivity index (χ3v) is 4.47. The molecule has 3 aromatic rings. The molecule has 4 nitrogen and oxygen atoms in total. The van der Waals surface area contributed by atoms with Gasteiger partial charge >= 0.3 is 6.09 Å². The molecule has 3 aromatic carbocycles. The van der Waals surface area contributed by atoms with Crippen molar-refractivity contribution in [3.8, 4) is 0 Å². The van der Waals surface area contributed by atoms with Crippen LogP contribution in [0.5, 0.6) is 0 Å². The second-order valence-electron chi connectivity index (χ2n) is 6.66. The Kier molecular flexibility index (Phi) is 6.58. The summed E-state index contributed by atoms with van der Waals surface area (Å²) in [6, 6.07) is 25.9. The standard InChI is InChI=1S/C24H23NO3/c1-18-12-14-20(15-13-18)22(16-23(26)21-10-6-3-7-11-21)25-24(27)28-17-19-8-4-2-5-9-19/h2-15,22H,16-17H2,1H3,(H,25,27). The number of alkyl carbamates (subject to hydrolysis) is 1. The third-order valence-electron chi connectivity index (χ3n) is 4.47. The highest BCUT2D eigenvalue weighted by Crippen LogP contribution is 2.20. The number of benzene rings is 3. The summed E-state index contributed by atoms with van der Waals surface area (Å²) in [5.74, 6) is -0.0328. The van der Waals surface area contributed by atoms with Crippen molar-refractivity contribution in [3.05, 3.63) is 107 Å². The van der Waals surface area contributed by atoms with Gasteiger partial charge in [-0.25, -0.2) is 4.79 Å². The predicted octanol–water partition coefficient (Wildman–Crippen LogP) is 5.24. The summed E-state index contributed by atoms with van der Waals surface area (Å²) in [6.45, 7) is 2.18. The van der Waals surface area contributed by atoms with E-state index in [4.69, 9.17) is 4.74 Å². The van der Waals surface area contributed by atoms with Crippen LogP contribution in [-0.2, 0) is 11.3 Å². The first-order chi connectivity index (χ1) is 13.6. The molecule has 0 aliphatic heterocycles. The summed E-state index contributed by atoms with van der Waals surface area (Å²) < 4.78 is 5.33. The van der Waals surface area contributed by atoms with Crippen LogP contribution >= 0.6 is 0 Å². The van der Waals surface area contributed by atoms with E-state index < -0.39 is 12.1 Å². The SMILES string of the molecule is Cc1ccc(C(CC(=O)c2ccccc2)NC(=O)OCc2ccccc2)cc1. The van der Waals surface area contributed by atoms with Crippen LogP contribution in [0.1, 0.15) is 39.5 Å². The summed E-state index contributed by atoms with van der Waals surface area (Å²) >= 11 is 0. The molecule has 0 radical (unpaired) electrons. The number of ketones is 1. The van der Waals surface area contributed by atoms with E-state index in [-0.39, 0.29) is 18.8 Å². The molecule has 3 rings (SSSR count). The summed E-state index contributed by atoms with van der Waals surface area (Å²) in [5.41, 5.74) is 3.51. The van der Waals surface area contributed by atoms with Crippen molar-refractivity contribution in [1.29, 1.82) is 0 Å². The van der Waals surface area contributed by atoms with Crippen molar-refractivity contribution in [3.63, 3.8) is 0 Å². The van der Waals surface area contributed by atoms with Gasteiger partial charge < -0.3 is 10.1 Å². The van der Waals surface area contributed by atoms with E-state index in [1.807, 2.05) is 79.7 Å². The van der Waals surface area contributed by atoms with Gasteiger partial charge in [0.05, 0.1) is 6.04 Å². The molecule has 0 heterocycles. The smallest absolute Gasteiger partial charge is 0.407 e. The maximum atomic E-state index is 12.7. The first-order valence-corrected chi connectivity index (χ1v) is 9.24. The van der Waals surface area contributed by atoms with Crippen LogP contribution in [-0.4, -0.2) is 11.9 Å². The fourth-order valence-electron chi connectivity index (χ4n) is 2.89. The van der Waals surface area contributed by atoms with Crippen molar-refractivity contribution in [1.82, 2.24) is 5.32 Å². The number of carbonyl (C=O) groups is 2. The fraction of sp³-hybridized carbons (Fsp3) is 0.167. The normalized spacial score (nSPS) is 11.5. The third kappa shape index (κ3) is 5.55. The number of rotatable bonds is 7. The van der Waals surface area contributed by atoms with Gasteiger partial charge in [0.25, 0.3) is 0 Å². The molecule has 1 amide bonds. The van der Waals surface area contributed by atoms with Gasteiger partial charge in [0.2, 0.25) is 0 Å². The lowest BCUT2D eigenvalue weighted by Crippen LogP contribution is -2.30. The molecule has 0 aromatic heterocycles. The van der Waals surface area contributed by atoms with Crippen LogP contribution in [0.15, 0.2) is 84.9 Å². The average molecular weight is 373 g/mol. The first-order valence-electron chi connectivity index (χ1n) is 9.24. The molecule has 1 N–H and O–H groups in total. The van der Waals surface area contributed by atoms with E-state index in [9.17, 15) is 9.59 Å². The Balaban J connectivity index is 1.69. The Bertz CT molecular complexity index is 906. The topological polar surface area (TPSA) is 55.4 Å². The molecule has 0 fully saturated rings. The van der Waals surface area contributed by atoms with Crippen LogP contribution in [0.25, 0.3) is 0 Å². The van der Waals surface area contributed by atoms with Crippen LogP contribution < -0.4 is 5.32 Å². The molecular weight excluding hydrogens is 350 g/mol. The fourth-order valence-corrected chi connectivity index (χ4v) is 2.89. The Morgan fingerprint density at radius 1 is 0.857 bits per heavy atom. The van der Waals surface area contributed by atoms with Gasteiger partial charge in [-0.05, 0) is 18.1 Å². The number of nitrogens with one attached hydrogen (secondary N) is 1. The number of Topliss-reactive ketones (excluding diaryl/α,β-unsaturated/α-hetero) is 1. The quantitative estimate of drug-likeness (QED) is 0.577. The van der Waals surface area contributed by atoms with Gasteiger partial charge in [0.1, 0.15) is 6.61 Å². The summed E-state index contributed by atoms with van der Waals surface area (Å²) in [5, 5.41) is 2.84. The van der Waals surface area contributed by atoms with Gasteiger partial charge in [-0.3, -0.25) is 4.79 Å². The van der Waals surface area contributed by atoms with E-state index in [2.05, 4.69) is 5.32 Å². The maximum Gasteiger partial charge on any atom is 0.407 e. The molecule has 1 unspecified atom stereocenters. The van der Waals surface area contributed by atoms with E-state index in [1.165, 1.54) is 0 Å². The van der Waals surface area contributed by atoms with Crippen LogP contribution in [0.3, 0.4) is 0 Å². The minimum Gasteiger partial charge on any atom is -0.445 e. The lowest BCUT2D eigenvalue weighted by Gasteiger charge is -2.19. The second kappa shape index (κ2) is 9.51. The minimum atomic E-state index is -0.546. The number of amides is 1. The number of hydrogen-bond donors (Lipinski definition) is 1. The lowest BCUT2D eigenvalue weighted by molar-refractivity contribution is 0.0963. The minimum absolute atomic E-state index is 0.0328. The molecule has 0 aliphatic rings. The van der Waals surface area contributed by atoms with Gasteiger partial charge in [-0.2, -0.15) is 0 Å². The molecule has 0 aliphatic carbocycles. The van der Waals surface area contributed by atoms with Crippen molar-refractivity contribution >= 4 is 11.9 Å². The molecule has 0 saturated carbocycles. The molecule has 1 atom stereocenters. The van der Waals surface area contributed by atoms with Gasteiger partial charge in [0.15, 0.2) is 5.78 Å². The van der Waals surface area contributed by atoms with E-state index in [1.54, 1.807) is 12.1 Å². The average Bonchev–Trinajstić information content (AvgIpc) is 2.74. The van der Waals surface area contributed by atoms with Crippen LogP contribution in [0.2, 0.25) is 0 Å². The Labute approximate surface area is 165 Å². The molecule has 4 heteroatoms. The molecular formula is C24H23NO3. The number of hydrogen-bond acceptors (Lipinski definition) is 3. The highest BCUT2D eigenvalue weighted by molar-refractivity contribution is 5.96. The van der Waals surface area contributed by atoms with Crippen molar-refractivity contribution in [2.45, 2.75) is 26.0 Å². The van der Waals surface area contributed by atoms with E-state index in [0.717, 1.165) is 16.7 Å². The lowest BCUT2D eigenvalue weighted by atomic mass is 9.97. The van der Waals surface area contributed by atoms with E-state index >= 15 is 0 Å². The zero-order valence-electron chi connectivity index (χ0n) is 15.8. The molecule has 28 heavy (non-hydrogen) atoms. The van der Waals surface area contributed by atoms with Gasteiger partial charge in [0, 0.05) is 12.0 Å². The monoisotopic (exact) mass is 373 g/mol. The van der Waals surface area contributed by atoms with E-state index in [0.29, 0.717) is 5.56 Å². The second-order valence-corrected chi connectivity index (χ2v) is 6.66. The molecule has 0 bridgehead atoms. The van der Waals surface area contributed by atoms with Gasteiger partial charge in [-0.1, -0.05) is 90.5 Å². The van der Waals surface area contributed by atoms with Crippen molar-refractivity contribution in [2.75, 3.05) is 0 Å². The Morgan fingerprint density at radius 2 is 1.46 bits per heavy atom. The summed E-state index contributed by atoms with van der Waals surface area (Å²) in [4.78, 5) is 25.0. The van der Waals surface area contributed by atoms with Gasteiger partial charge in [-0.15, -0.1) is 0 Å². The largest absolute Gasteiger partial charge is 0.445 e.